The van der Waals surface area contributed by atoms with Crippen LogP contribution in [-0.2, 0) is 6.42 Å². The van der Waals surface area contributed by atoms with Crippen molar-refractivity contribution in [2.75, 3.05) is 6.79 Å². The van der Waals surface area contributed by atoms with E-state index in [9.17, 15) is 5.26 Å². The molecule has 1 heterocycles. The molecule has 100 valence electrons. The highest BCUT2D eigenvalue weighted by molar-refractivity contribution is 6.30. The summed E-state index contributed by atoms with van der Waals surface area (Å²) < 4.78 is 10.6. The van der Waals surface area contributed by atoms with E-state index in [0.29, 0.717) is 17.2 Å². The van der Waals surface area contributed by atoms with Crippen LogP contribution in [0.15, 0.2) is 42.5 Å². The minimum atomic E-state index is -0.217. The molecule has 1 unspecified atom stereocenters. The number of ether oxygens (including phenoxy) is 2. The summed E-state index contributed by atoms with van der Waals surface area (Å²) in [6, 6.07) is 15.6. The van der Waals surface area contributed by atoms with Crippen LogP contribution in [0.2, 0.25) is 5.02 Å². The van der Waals surface area contributed by atoms with Crippen molar-refractivity contribution in [3.05, 3.63) is 58.6 Å². The summed E-state index contributed by atoms with van der Waals surface area (Å²) in [6.07, 6.45) is 0.646. The van der Waals surface area contributed by atoms with Crippen LogP contribution < -0.4 is 9.47 Å². The third kappa shape index (κ3) is 2.56. The molecule has 20 heavy (non-hydrogen) atoms. The van der Waals surface area contributed by atoms with Crippen molar-refractivity contribution in [2.45, 2.75) is 12.3 Å². The van der Waals surface area contributed by atoms with Crippen molar-refractivity contribution < 1.29 is 9.47 Å². The molecule has 0 fully saturated rings. The monoisotopic (exact) mass is 285 g/mol. The smallest absolute Gasteiger partial charge is 0.231 e. The Bertz CT molecular complexity index is 661. The van der Waals surface area contributed by atoms with E-state index in [4.69, 9.17) is 21.1 Å². The summed E-state index contributed by atoms with van der Waals surface area (Å²) in [5, 5.41) is 10.1. The zero-order valence-corrected chi connectivity index (χ0v) is 11.4. The Hall–Kier alpha value is -2.18. The molecule has 0 radical (unpaired) electrons. The van der Waals surface area contributed by atoms with Crippen molar-refractivity contribution in [1.82, 2.24) is 0 Å². The molecule has 0 amide bonds. The van der Waals surface area contributed by atoms with Crippen LogP contribution in [0.5, 0.6) is 11.5 Å². The quantitative estimate of drug-likeness (QED) is 0.858. The van der Waals surface area contributed by atoms with Gasteiger partial charge < -0.3 is 9.47 Å². The summed E-state index contributed by atoms with van der Waals surface area (Å²) >= 11 is 5.87. The fourth-order valence-electron chi connectivity index (χ4n) is 2.22. The molecule has 0 N–H and O–H groups in total. The lowest BCUT2D eigenvalue weighted by atomic mass is 9.93. The van der Waals surface area contributed by atoms with Crippen molar-refractivity contribution in [2.24, 2.45) is 0 Å². The maximum absolute atomic E-state index is 9.40. The Morgan fingerprint density at radius 2 is 1.85 bits per heavy atom. The highest BCUT2D eigenvalue weighted by Gasteiger charge is 2.18. The fraction of sp³-hybridized carbons (Fsp3) is 0.188. The van der Waals surface area contributed by atoms with Crippen molar-refractivity contribution in [1.29, 1.82) is 5.26 Å². The van der Waals surface area contributed by atoms with Gasteiger partial charge in [0, 0.05) is 5.02 Å². The van der Waals surface area contributed by atoms with E-state index in [1.807, 2.05) is 42.5 Å². The van der Waals surface area contributed by atoms with Crippen LogP contribution in [0.3, 0.4) is 0 Å². The molecule has 1 aliphatic heterocycles. The number of nitrogens with zero attached hydrogens (tertiary/aromatic N) is 1. The second-order valence-corrected chi connectivity index (χ2v) is 5.06. The van der Waals surface area contributed by atoms with Crippen LogP contribution in [0.25, 0.3) is 0 Å². The lowest BCUT2D eigenvalue weighted by Gasteiger charge is -2.10. The molecule has 0 aliphatic carbocycles. The van der Waals surface area contributed by atoms with Gasteiger partial charge in [-0.25, -0.2) is 0 Å². The van der Waals surface area contributed by atoms with Gasteiger partial charge in [0.15, 0.2) is 11.5 Å². The average Bonchev–Trinajstić information content (AvgIpc) is 2.94. The third-order valence-electron chi connectivity index (χ3n) is 3.31. The Labute approximate surface area is 122 Å². The molecule has 4 heteroatoms. The van der Waals surface area contributed by atoms with Gasteiger partial charge in [0.2, 0.25) is 6.79 Å². The molecule has 0 saturated carbocycles. The van der Waals surface area contributed by atoms with Gasteiger partial charge in [0.05, 0.1) is 12.0 Å². The van der Waals surface area contributed by atoms with Crippen LogP contribution >= 0.6 is 11.6 Å². The predicted molar refractivity (Wildman–Crippen MR) is 76.1 cm³/mol. The number of halogens is 1. The second-order valence-electron chi connectivity index (χ2n) is 4.62. The summed E-state index contributed by atoms with van der Waals surface area (Å²) in [5.74, 6) is 1.22. The molecule has 1 aliphatic rings. The molecule has 0 saturated heterocycles. The van der Waals surface area contributed by atoms with E-state index in [0.717, 1.165) is 16.9 Å². The average molecular weight is 286 g/mol. The number of fused-ring (bicyclic) bond motifs is 1. The van der Waals surface area contributed by atoms with E-state index >= 15 is 0 Å². The first kappa shape index (κ1) is 12.8. The first-order valence-electron chi connectivity index (χ1n) is 6.30. The maximum atomic E-state index is 9.40. The van der Waals surface area contributed by atoms with Crippen molar-refractivity contribution in [3.63, 3.8) is 0 Å². The summed E-state index contributed by atoms with van der Waals surface area (Å²) in [4.78, 5) is 0. The largest absolute Gasteiger partial charge is 0.454 e. The minimum Gasteiger partial charge on any atom is -0.454 e. The number of benzene rings is 2. The van der Waals surface area contributed by atoms with Crippen LogP contribution in [0.1, 0.15) is 17.0 Å². The molecule has 3 nitrogen and oxygen atoms in total. The Kier molecular flexibility index (Phi) is 3.49. The molecule has 0 aromatic heterocycles. The molecule has 3 rings (SSSR count). The van der Waals surface area contributed by atoms with Crippen molar-refractivity contribution in [3.8, 4) is 17.6 Å². The van der Waals surface area contributed by atoms with Crippen LogP contribution in [0, 0.1) is 11.3 Å². The van der Waals surface area contributed by atoms with Gasteiger partial charge in [-0.15, -0.1) is 0 Å². The first-order valence-corrected chi connectivity index (χ1v) is 6.67. The highest BCUT2D eigenvalue weighted by Crippen LogP contribution is 2.35. The number of hydrogen-bond donors (Lipinski definition) is 0. The van der Waals surface area contributed by atoms with Gasteiger partial charge >= 0.3 is 0 Å². The normalized spacial score (nSPS) is 13.8. The molecule has 2 aromatic carbocycles. The van der Waals surface area contributed by atoms with Gasteiger partial charge in [-0.1, -0.05) is 29.8 Å². The minimum absolute atomic E-state index is 0.217. The molecule has 0 spiro atoms. The molecule has 2 aromatic rings. The highest BCUT2D eigenvalue weighted by atomic mass is 35.5. The number of nitriles is 1. The Morgan fingerprint density at radius 1 is 1.10 bits per heavy atom. The van der Waals surface area contributed by atoms with Gasteiger partial charge in [-0.05, 0) is 41.8 Å². The van der Waals surface area contributed by atoms with Gasteiger partial charge in [-0.2, -0.15) is 5.26 Å². The van der Waals surface area contributed by atoms with E-state index in [2.05, 4.69) is 6.07 Å². The van der Waals surface area contributed by atoms with Gasteiger partial charge in [0.25, 0.3) is 0 Å². The third-order valence-corrected chi connectivity index (χ3v) is 3.56. The second kappa shape index (κ2) is 5.44. The van der Waals surface area contributed by atoms with E-state index in [1.165, 1.54) is 0 Å². The van der Waals surface area contributed by atoms with Crippen molar-refractivity contribution >= 4 is 11.6 Å². The number of rotatable bonds is 3. The fourth-order valence-corrected chi connectivity index (χ4v) is 2.35. The lowest BCUT2D eigenvalue weighted by molar-refractivity contribution is 0.174. The number of hydrogen-bond acceptors (Lipinski definition) is 3. The van der Waals surface area contributed by atoms with Crippen LogP contribution in [0.4, 0.5) is 0 Å². The van der Waals surface area contributed by atoms with E-state index < -0.39 is 0 Å². The SMILES string of the molecule is N#CC(Cc1ccc(Cl)cc1)c1ccc2c(c1)OCO2. The lowest BCUT2D eigenvalue weighted by Crippen LogP contribution is -2.00. The topological polar surface area (TPSA) is 42.2 Å². The first-order chi connectivity index (χ1) is 9.76. The van der Waals surface area contributed by atoms with E-state index in [-0.39, 0.29) is 12.7 Å². The molecular formula is C16H12ClNO2. The molecular weight excluding hydrogens is 274 g/mol. The van der Waals surface area contributed by atoms with Gasteiger partial charge in [-0.3, -0.25) is 0 Å². The molecule has 0 bridgehead atoms. The molecule has 1 atom stereocenters. The predicted octanol–water partition coefficient (Wildman–Crippen LogP) is 3.92. The maximum Gasteiger partial charge on any atom is 0.231 e. The summed E-state index contributed by atoms with van der Waals surface area (Å²) in [5.41, 5.74) is 2.02. The Morgan fingerprint density at radius 3 is 2.60 bits per heavy atom. The van der Waals surface area contributed by atoms with E-state index in [1.54, 1.807) is 0 Å². The van der Waals surface area contributed by atoms with Gasteiger partial charge in [0.1, 0.15) is 0 Å². The summed E-state index contributed by atoms with van der Waals surface area (Å²) in [7, 11) is 0. The zero-order valence-electron chi connectivity index (χ0n) is 10.7. The standard InChI is InChI=1S/C16H12ClNO2/c17-14-4-1-11(2-5-14)7-13(9-18)12-3-6-15-16(8-12)20-10-19-15/h1-6,8,13H,7,10H2. The van der Waals surface area contributed by atoms with Crippen LogP contribution in [-0.4, -0.2) is 6.79 Å². The Balaban J connectivity index is 1.83. The summed E-state index contributed by atoms with van der Waals surface area (Å²) in [6.45, 7) is 0.243. The zero-order chi connectivity index (χ0) is 13.9.